The van der Waals surface area contributed by atoms with E-state index in [1.807, 2.05) is 0 Å². The van der Waals surface area contributed by atoms with E-state index in [0.29, 0.717) is 40.5 Å². The summed E-state index contributed by atoms with van der Waals surface area (Å²) in [5, 5.41) is 2.81. The second-order valence-corrected chi connectivity index (χ2v) is 5.25. The number of nitrogens with one attached hydrogen (secondary N) is 1. The summed E-state index contributed by atoms with van der Waals surface area (Å²) < 4.78 is 15.4. The van der Waals surface area contributed by atoms with Crippen LogP contribution < -0.4 is 14.8 Å². The molecule has 6 nitrogen and oxygen atoms in total. The van der Waals surface area contributed by atoms with Crippen LogP contribution >= 0.6 is 0 Å². The van der Waals surface area contributed by atoms with Crippen molar-refractivity contribution in [3.8, 4) is 11.5 Å². The van der Waals surface area contributed by atoms with Crippen LogP contribution in [0, 0.1) is 6.92 Å². The minimum Gasteiger partial charge on any atom is -0.497 e. The largest absolute Gasteiger partial charge is 0.497 e. The molecule has 25 heavy (non-hydrogen) atoms. The minimum absolute atomic E-state index is 0.290. The van der Waals surface area contributed by atoms with Crippen LogP contribution in [0.3, 0.4) is 0 Å². The first-order valence-corrected chi connectivity index (χ1v) is 7.81. The van der Waals surface area contributed by atoms with Crippen molar-refractivity contribution in [2.75, 3.05) is 26.1 Å². The average molecular weight is 343 g/mol. The van der Waals surface area contributed by atoms with Crippen molar-refractivity contribution < 1.29 is 23.8 Å². The number of hydrogen-bond acceptors (Lipinski definition) is 5. The van der Waals surface area contributed by atoms with Gasteiger partial charge in [0.1, 0.15) is 11.5 Å². The number of esters is 1. The Morgan fingerprint density at radius 2 is 1.68 bits per heavy atom. The molecule has 0 spiro atoms. The van der Waals surface area contributed by atoms with Crippen LogP contribution in [0.4, 0.5) is 5.69 Å². The third-order valence-electron chi connectivity index (χ3n) is 3.69. The lowest BCUT2D eigenvalue weighted by atomic mass is 10.1. The van der Waals surface area contributed by atoms with Crippen LogP contribution in [0.25, 0.3) is 0 Å². The Labute approximate surface area is 146 Å². The molecule has 2 aromatic rings. The number of methoxy groups -OCH3 is 2. The molecule has 132 valence electrons. The Bertz CT molecular complexity index is 763. The number of ether oxygens (including phenoxy) is 3. The van der Waals surface area contributed by atoms with E-state index < -0.39 is 5.97 Å². The molecule has 0 saturated heterocycles. The van der Waals surface area contributed by atoms with Gasteiger partial charge < -0.3 is 19.5 Å². The molecule has 0 aliphatic rings. The zero-order chi connectivity index (χ0) is 18.4. The maximum absolute atomic E-state index is 12.6. The molecule has 0 fully saturated rings. The number of rotatable bonds is 6. The monoisotopic (exact) mass is 343 g/mol. The van der Waals surface area contributed by atoms with E-state index in [1.54, 1.807) is 50.2 Å². The minimum atomic E-state index is -0.417. The summed E-state index contributed by atoms with van der Waals surface area (Å²) in [6, 6.07) is 10.0. The highest BCUT2D eigenvalue weighted by atomic mass is 16.5. The molecule has 1 amide bonds. The summed E-state index contributed by atoms with van der Waals surface area (Å²) >= 11 is 0. The van der Waals surface area contributed by atoms with Gasteiger partial charge in [0.15, 0.2) is 0 Å². The summed E-state index contributed by atoms with van der Waals surface area (Å²) in [6.45, 7) is 3.79. The molecule has 0 saturated carbocycles. The van der Waals surface area contributed by atoms with E-state index in [1.165, 1.54) is 14.2 Å². The molecule has 0 atom stereocenters. The molecule has 1 N–H and O–H groups in total. The Hall–Kier alpha value is -3.02. The van der Waals surface area contributed by atoms with Crippen molar-refractivity contribution in [1.82, 2.24) is 0 Å². The Balaban J connectivity index is 2.29. The van der Waals surface area contributed by atoms with E-state index in [0.717, 1.165) is 0 Å². The van der Waals surface area contributed by atoms with Crippen molar-refractivity contribution >= 4 is 17.6 Å². The molecule has 0 heterocycles. The Kier molecular flexibility index (Phi) is 6.00. The highest BCUT2D eigenvalue weighted by molar-refractivity contribution is 6.06. The molecule has 0 aliphatic heterocycles. The number of anilines is 1. The standard InChI is InChI=1S/C19H21NO5/c1-5-25-19(22)16-7-6-8-17(12(16)2)20-18(21)13-9-14(23-3)11-15(10-13)24-4/h6-11H,5H2,1-4H3,(H,20,21). The lowest BCUT2D eigenvalue weighted by molar-refractivity contribution is 0.0525. The van der Waals surface area contributed by atoms with Crippen molar-refractivity contribution in [2.45, 2.75) is 13.8 Å². The first-order valence-electron chi connectivity index (χ1n) is 7.81. The maximum atomic E-state index is 12.6. The van der Waals surface area contributed by atoms with Crippen LogP contribution in [0.5, 0.6) is 11.5 Å². The van der Waals surface area contributed by atoms with Crippen LogP contribution in [-0.4, -0.2) is 32.7 Å². The highest BCUT2D eigenvalue weighted by Crippen LogP contribution is 2.25. The maximum Gasteiger partial charge on any atom is 0.338 e. The number of hydrogen-bond donors (Lipinski definition) is 1. The van der Waals surface area contributed by atoms with Crippen molar-refractivity contribution in [3.05, 3.63) is 53.1 Å². The van der Waals surface area contributed by atoms with Gasteiger partial charge in [-0.25, -0.2) is 4.79 Å². The summed E-state index contributed by atoms with van der Waals surface area (Å²) in [5.74, 6) is 0.281. The third-order valence-corrected chi connectivity index (χ3v) is 3.69. The Morgan fingerprint density at radius 3 is 2.24 bits per heavy atom. The summed E-state index contributed by atoms with van der Waals surface area (Å²) in [4.78, 5) is 24.5. The summed E-state index contributed by atoms with van der Waals surface area (Å²) in [6.07, 6.45) is 0. The Morgan fingerprint density at radius 1 is 1.04 bits per heavy atom. The van der Waals surface area contributed by atoms with Crippen LogP contribution in [0.15, 0.2) is 36.4 Å². The lowest BCUT2D eigenvalue weighted by Crippen LogP contribution is -2.15. The van der Waals surface area contributed by atoms with Gasteiger partial charge in [-0.1, -0.05) is 6.07 Å². The SMILES string of the molecule is CCOC(=O)c1cccc(NC(=O)c2cc(OC)cc(OC)c2)c1C. The van der Waals surface area contributed by atoms with Crippen molar-refractivity contribution in [3.63, 3.8) is 0 Å². The van der Waals surface area contributed by atoms with Gasteiger partial charge in [-0.2, -0.15) is 0 Å². The van der Waals surface area contributed by atoms with Crippen molar-refractivity contribution in [2.24, 2.45) is 0 Å². The second kappa shape index (κ2) is 8.19. The van der Waals surface area contributed by atoms with Crippen molar-refractivity contribution in [1.29, 1.82) is 0 Å². The number of carbonyl (C=O) groups excluding carboxylic acids is 2. The molecule has 2 rings (SSSR count). The van der Waals surface area contributed by atoms with Crippen LogP contribution in [0.1, 0.15) is 33.2 Å². The van der Waals surface area contributed by atoms with Gasteiger partial charge in [-0.3, -0.25) is 4.79 Å². The van der Waals surface area contributed by atoms with E-state index in [2.05, 4.69) is 5.32 Å². The van der Waals surface area contributed by atoms with E-state index in [9.17, 15) is 9.59 Å². The fourth-order valence-electron chi connectivity index (χ4n) is 2.33. The van der Waals surface area contributed by atoms with Gasteiger partial charge in [0.2, 0.25) is 0 Å². The topological polar surface area (TPSA) is 73.9 Å². The van der Waals surface area contributed by atoms with Gasteiger partial charge in [-0.05, 0) is 43.7 Å². The number of carbonyl (C=O) groups is 2. The molecule has 0 unspecified atom stereocenters. The molecule has 2 aromatic carbocycles. The van der Waals surface area contributed by atoms with Crippen LogP contribution in [0.2, 0.25) is 0 Å². The van der Waals surface area contributed by atoms with Gasteiger partial charge in [-0.15, -0.1) is 0 Å². The van der Waals surface area contributed by atoms with E-state index >= 15 is 0 Å². The summed E-state index contributed by atoms with van der Waals surface area (Å²) in [7, 11) is 3.03. The fraction of sp³-hybridized carbons (Fsp3) is 0.263. The molecule has 6 heteroatoms. The van der Waals surface area contributed by atoms with E-state index in [4.69, 9.17) is 14.2 Å². The molecule has 0 radical (unpaired) electrons. The normalized spacial score (nSPS) is 10.1. The smallest absolute Gasteiger partial charge is 0.338 e. The predicted molar refractivity (Wildman–Crippen MR) is 94.6 cm³/mol. The molecule has 0 aromatic heterocycles. The first-order chi connectivity index (χ1) is 12.0. The molecular formula is C19H21NO5. The zero-order valence-corrected chi connectivity index (χ0v) is 14.7. The van der Waals surface area contributed by atoms with Gasteiger partial charge >= 0.3 is 5.97 Å². The first kappa shape index (κ1) is 18.3. The number of benzene rings is 2. The zero-order valence-electron chi connectivity index (χ0n) is 14.7. The van der Waals surface area contributed by atoms with Gasteiger partial charge in [0.05, 0.1) is 26.4 Å². The highest BCUT2D eigenvalue weighted by Gasteiger charge is 2.15. The summed E-state index contributed by atoms with van der Waals surface area (Å²) in [5.41, 5.74) is 1.99. The quantitative estimate of drug-likeness (QED) is 0.813. The lowest BCUT2D eigenvalue weighted by Gasteiger charge is -2.13. The third kappa shape index (κ3) is 4.29. The van der Waals surface area contributed by atoms with E-state index in [-0.39, 0.29) is 5.91 Å². The fourth-order valence-corrected chi connectivity index (χ4v) is 2.33. The van der Waals surface area contributed by atoms with Gasteiger partial charge in [0, 0.05) is 17.3 Å². The number of amides is 1. The van der Waals surface area contributed by atoms with Crippen LogP contribution in [-0.2, 0) is 4.74 Å². The van der Waals surface area contributed by atoms with Gasteiger partial charge in [0.25, 0.3) is 5.91 Å². The average Bonchev–Trinajstić information content (AvgIpc) is 2.62. The molecule has 0 bridgehead atoms. The second-order valence-electron chi connectivity index (χ2n) is 5.25. The molecular weight excluding hydrogens is 322 g/mol. The predicted octanol–water partition coefficient (Wildman–Crippen LogP) is 3.44. The molecule has 0 aliphatic carbocycles.